The standard InChI is InChI=1S/C16H16N2O5/c1-2-11-5-3-4-6-13(11)17-14(19)10-23-18-9-12(16(21)22)7-8-15(18)20/h3-9H,2,10H2,1H3,(H,17,19)(H,21,22). The van der Waals surface area contributed by atoms with E-state index in [1.165, 1.54) is 6.07 Å². The van der Waals surface area contributed by atoms with Crippen molar-refractivity contribution in [3.05, 3.63) is 64.1 Å². The Morgan fingerprint density at radius 1 is 1.22 bits per heavy atom. The topological polar surface area (TPSA) is 97.6 Å². The van der Waals surface area contributed by atoms with Crippen molar-refractivity contribution in [1.29, 1.82) is 0 Å². The number of hydrogen-bond acceptors (Lipinski definition) is 4. The number of nitrogens with one attached hydrogen (secondary N) is 1. The number of aryl methyl sites for hydroxylation is 1. The first-order valence-corrected chi connectivity index (χ1v) is 6.98. The molecule has 0 aliphatic rings. The molecule has 1 aromatic carbocycles. The molecule has 0 bridgehead atoms. The summed E-state index contributed by atoms with van der Waals surface area (Å²) in [4.78, 5) is 39.4. The lowest BCUT2D eigenvalue weighted by Gasteiger charge is -2.11. The van der Waals surface area contributed by atoms with E-state index in [1.54, 1.807) is 12.1 Å². The zero-order chi connectivity index (χ0) is 16.8. The number of carbonyl (C=O) groups excluding carboxylic acids is 1. The molecule has 0 spiro atoms. The van der Waals surface area contributed by atoms with Crippen LogP contribution in [0.2, 0.25) is 0 Å². The van der Waals surface area contributed by atoms with Crippen molar-refractivity contribution < 1.29 is 19.5 Å². The lowest BCUT2D eigenvalue weighted by atomic mass is 10.1. The van der Waals surface area contributed by atoms with Gasteiger partial charge in [0.2, 0.25) is 0 Å². The minimum Gasteiger partial charge on any atom is -0.478 e. The highest BCUT2D eigenvalue weighted by molar-refractivity contribution is 5.92. The van der Waals surface area contributed by atoms with Crippen LogP contribution in [0.4, 0.5) is 5.69 Å². The van der Waals surface area contributed by atoms with Crippen LogP contribution in [-0.2, 0) is 11.2 Å². The largest absolute Gasteiger partial charge is 0.478 e. The third-order valence-electron chi connectivity index (χ3n) is 3.13. The molecule has 0 radical (unpaired) electrons. The van der Waals surface area contributed by atoms with Crippen LogP contribution in [0.25, 0.3) is 0 Å². The third-order valence-corrected chi connectivity index (χ3v) is 3.13. The lowest BCUT2D eigenvalue weighted by molar-refractivity contribution is -0.120. The lowest BCUT2D eigenvalue weighted by Crippen LogP contribution is -2.32. The van der Waals surface area contributed by atoms with E-state index in [2.05, 4.69) is 5.32 Å². The number of hydrogen-bond donors (Lipinski definition) is 2. The molecule has 1 amide bonds. The first kappa shape index (κ1) is 16.3. The van der Waals surface area contributed by atoms with Crippen molar-refractivity contribution >= 4 is 17.6 Å². The van der Waals surface area contributed by atoms with E-state index in [0.29, 0.717) is 5.69 Å². The predicted molar refractivity (Wildman–Crippen MR) is 83.6 cm³/mol. The Kier molecular flexibility index (Phi) is 5.14. The van der Waals surface area contributed by atoms with Gasteiger partial charge in [-0.1, -0.05) is 25.1 Å². The second-order valence-corrected chi connectivity index (χ2v) is 4.72. The Bertz CT molecular complexity index is 782. The number of carboxylic acids is 1. The van der Waals surface area contributed by atoms with Gasteiger partial charge < -0.3 is 15.3 Å². The number of pyridine rings is 1. The second-order valence-electron chi connectivity index (χ2n) is 4.72. The van der Waals surface area contributed by atoms with Gasteiger partial charge in [0.25, 0.3) is 11.5 Å². The fraction of sp³-hybridized carbons (Fsp3) is 0.188. The number of carboxylic acid groups (broad SMARTS) is 1. The van der Waals surface area contributed by atoms with E-state index in [0.717, 1.165) is 29.0 Å². The number of aromatic carboxylic acids is 1. The number of aromatic nitrogens is 1. The Balaban J connectivity index is 2.03. The fourth-order valence-electron chi connectivity index (χ4n) is 1.96. The number of para-hydroxylation sites is 1. The maximum absolute atomic E-state index is 11.9. The van der Waals surface area contributed by atoms with Crippen LogP contribution in [0.5, 0.6) is 0 Å². The summed E-state index contributed by atoms with van der Waals surface area (Å²) in [5.41, 5.74) is 0.985. The Morgan fingerprint density at radius 2 is 1.96 bits per heavy atom. The normalized spacial score (nSPS) is 10.1. The molecular weight excluding hydrogens is 300 g/mol. The molecule has 0 aliphatic carbocycles. The molecular formula is C16H16N2O5. The smallest absolute Gasteiger partial charge is 0.337 e. The Hall–Kier alpha value is -3.09. The van der Waals surface area contributed by atoms with Gasteiger partial charge in [0.15, 0.2) is 6.61 Å². The second kappa shape index (κ2) is 7.26. The highest BCUT2D eigenvalue weighted by Gasteiger charge is 2.09. The predicted octanol–water partition coefficient (Wildman–Crippen LogP) is 1.18. The van der Waals surface area contributed by atoms with E-state index < -0.39 is 24.0 Å². The first-order valence-electron chi connectivity index (χ1n) is 6.98. The fourth-order valence-corrected chi connectivity index (χ4v) is 1.96. The maximum atomic E-state index is 11.9. The molecule has 0 atom stereocenters. The van der Waals surface area contributed by atoms with Gasteiger partial charge >= 0.3 is 5.97 Å². The van der Waals surface area contributed by atoms with Crippen LogP contribution in [0.15, 0.2) is 47.4 Å². The van der Waals surface area contributed by atoms with Gasteiger partial charge in [-0.25, -0.2) is 4.79 Å². The average molecular weight is 316 g/mol. The summed E-state index contributed by atoms with van der Waals surface area (Å²) in [7, 11) is 0. The average Bonchev–Trinajstić information content (AvgIpc) is 2.54. The summed E-state index contributed by atoms with van der Waals surface area (Å²) < 4.78 is 0.731. The van der Waals surface area contributed by atoms with Gasteiger partial charge in [-0.05, 0) is 24.1 Å². The van der Waals surface area contributed by atoms with Crippen LogP contribution < -0.4 is 15.7 Å². The molecule has 1 heterocycles. The van der Waals surface area contributed by atoms with Crippen LogP contribution in [0, 0.1) is 0 Å². The van der Waals surface area contributed by atoms with E-state index in [-0.39, 0.29) is 5.56 Å². The highest BCUT2D eigenvalue weighted by Crippen LogP contribution is 2.14. The SMILES string of the molecule is CCc1ccccc1NC(=O)COn1cc(C(=O)O)ccc1=O. The van der Waals surface area contributed by atoms with Crippen LogP contribution in [0.1, 0.15) is 22.8 Å². The van der Waals surface area contributed by atoms with E-state index >= 15 is 0 Å². The van der Waals surface area contributed by atoms with Gasteiger partial charge in [0.1, 0.15) is 0 Å². The third kappa shape index (κ3) is 4.19. The molecule has 23 heavy (non-hydrogen) atoms. The molecule has 0 fully saturated rings. The number of benzene rings is 1. The van der Waals surface area contributed by atoms with Gasteiger partial charge in [-0.15, -0.1) is 0 Å². The number of rotatable bonds is 6. The summed E-state index contributed by atoms with van der Waals surface area (Å²) in [6, 6.07) is 9.58. The van der Waals surface area contributed by atoms with Crippen molar-refractivity contribution in [3.8, 4) is 0 Å². The van der Waals surface area contributed by atoms with Crippen molar-refractivity contribution in [1.82, 2.24) is 4.73 Å². The Morgan fingerprint density at radius 3 is 2.65 bits per heavy atom. The molecule has 2 rings (SSSR count). The molecule has 2 aromatic rings. The minimum atomic E-state index is -1.19. The van der Waals surface area contributed by atoms with Crippen molar-refractivity contribution in [2.75, 3.05) is 11.9 Å². The summed E-state index contributed by atoms with van der Waals surface area (Å²) in [6.45, 7) is 1.56. The molecule has 0 unspecified atom stereocenters. The van der Waals surface area contributed by atoms with Crippen molar-refractivity contribution in [2.24, 2.45) is 0 Å². The van der Waals surface area contributed by atoms with Crippen molar-refractivity contribution in [3.63, 3.8) is 0 Å². The van der Waals surface area contributed by atoms with Crippen molar-refractivity contribution in [2.45, 2.75) is 13.3 Å². The number of nitrogens with zero attached hydrogens (tertiary/aromatic N) is 1. The molecule has 120 valence electrons. The minimum absolute atomic E-state index is 0.110. The van der Waals surface area contributed by atoms with Gasteiger partial charge in [-0.2, -0.15) is 4.73 Å². The molecule has 7 heteroatoms. The number of amides is 1. The van der Waals surface area contributed by atoms with E-state index in [1.807, 2.05) is 19.1 Å². The van der Waals surface area contributed by atoms with Gasteiger partial charge in [-0.3, -0.25) is 9.59 Å². The van der Waals surface area contributed by atoms with Crippen LogP contribution in [0.3, 0.4) is 0 Å². The summed E-state index contributed by atoms with van der Waals surface area (Å²) in [5.74, 6) is -1.64. The molecule has 0 aliphatic heterocycles. The van der Waals surface area contributed by atoms with Crippen LogP contribution in [-0.4, -0.2) is 28.3 Å². The molecule has 2 N–H and O–H groups in total. The van der Waals surface area contributed by atoms with E-state index in [9.17, 15) is 14.4 Å². The first-order chi connectivity index (χ1) is 11.0. The molecule has 7 nitrogen and oxygen atoms in total. The molecule has 0 saturated heterocycles. The zero-order valence-corrected chi connectivity index (χ0v) is 12.5. The Labute approximate surface area is 132 Å². The summed E-state index contributed by atoms with van der Waals surface area (Å²) in [5, 5.41) is 11.6. The maximum Gasteiger partial charge on any atom is 0.337 e. The van der Waals surface area contributed by atoms with E-state index in [4.69, 9.17) is 9.94 Å². The van der Waals surface area contributed by atoms with Gasteiger partial charge in [0, 0.05) is 11.8 Å². The number of carbonyl (C=O) groups is 2. The highest BCUT2D eigenvalue weighted by atomic mass is 16.7. The summed E-state index contributed by atoms with van der Waals surface area (Å²) >= 11 is 0. The van der Waals surface area contributed by atoms with Gasteiger partial charge in [0.05, 0.1) is 11.8 Å². The quantitative estimate of drug-likeness (QED) is 0.834. The molecule has 1 aromatic heterocycles. The van der Waals surface area contributed by atoms with Crippen LogP contribution >= 0.6 is 0 Å². The zero-order valence-electron chi connectivity index (χ0n) is 12.5. The number of anilines is 1. The monoisotopic (exact) mass is 316 g/mol. The molecule has 0 saturated carbocycles. The summed E-state index contributed by atoms with van der Waals surface area (Å²) in [6.07, 6.45) is 1.79.